The molecule has 0 saturated carbocycles. The summed E-state index contributed by atoms with van der Waals surface area (Å²) in [6, 6.07) is 5.05. The van der Waals surface area contributed by atoms with Gasteiger partial charge in [0.25, 0.3) is 10.0 Å². The molecule has 2 N–H and O–H groups in total. The van der Waals surface area contributed by atoms with Crippen molar-refractivity contribution in [2.45, 2.75) is 5.03 Å². The van der Waals surface area contributed by atoms with Gasteiger partial charge in [0.2, 0.25) is 0 Å². The fourth-order valence-corrected chi connectivity index (χ4v) is 4.03. The molecule has 0 unspecified atom stereocenters. The minimum atomic E-state index is -3.82. The van der Waals surface area contributed by atoms with E-state index < -0.39 is 16.0 Å². The summed E-state index contributed by atoms with van der Waals surface area (Å²) in [7, 11) is -3.82. The summed E-state index contributed by atoms with van der Waals surface area (Å²) in [5.41, 5.74) is 0.433. The summed E-state index contributed by atoms with van der Waals surface area (Å²) >= 11 is 7.02. The molecule has 2 aromatic heterocycles. The van der Waals surface area contributed by atoms with Crippen LogP contribution in [0.4, 0.5) is 0 Å². The van der Waals surface area contributed by atoms with Gasteiger partial charge in [0.05, 0.1) is 5.75 Å². The zero-order valence-electron chi connectivity index (χ0n) is 10.7. The molecule has 21 heavy (non-hydrogen) atoms. The Morgan fingerprint density at radius 1 is 1.48 bits per heavy atom. The summed E-state index contributed by atoms with van der Waals surface area (Å²) in [6.07, 6.45) is 1.56. The largest absolute Gasteiger partial charge is 0.481 e. The Balaban J connectivity index is 2.11. The third kappa shape index (κ3) is 3.88. The predicted molar refractivity (Wildman–Crippen MR) is 80.4 cm³/mol. The number of carboxylic acid groups (broad SMARTS) is 1. The Bertz CT molecular complexity index is 760. The first-order chi connectivity index (χ1) is 9.92. The Kier molecular flexibility index (Phi) is 5.09. The predicted octanol–water partition coefficient (Wildman–Crippen LogP) is 1.08. The van der Waals surface area contributed by atoms with Crippen LogP contribution in [0.3, 0.4) is 0 Å². The number of aromatic nitrogens is 2. The zero-order chi connectivity index (χ0) is 15.5. The van der Waals surface area contributed by atoms with Gasteiger partial charge in [-0.15, -0.1) is 11.8 Å². The van der Waals surface area contributed by atoms with Crippen molar-refractivity contribution < 1.29 is 18.3 Å². The zero-order valence-corrected chi connectivity index (χ0v) is 13.1. The van der Waals surface area contributed by atoms with Gasteiger partial charge in [-0.1, -0.05) is 17.7 Å². The second kappa shape index (κ2) is 6.65. The standard InChI is InChI=1S/C11H12ClN3O4S2/c12-10-11(15-5-2-1-3-8(15)14-10)21(18,19)13-4-6-20-7-9(16)17/h1-3,5,13H,4,6-7H2,(H,16,17). The molecule has 7 nitrogen and oxygen atoms in total. The lowest BCUT2D eigenvalue weighted by molar-refractivity contribution is -0.133. The normalized spacial score (nSPS) is 11.9. The lowest BCUT2D eigenvalue weighted by Crippen LogP contribution is -2.27. The SMILES string of the molecule is O=C(O)CSCCNS(=O)(=O)c1c(Cl)nc2ccccn12. The van der Waals surface area contributed by atoms with Crippen molar-refractivity contribution in [2.75, 3.05) is 18.1 Å². The Labute approximate surface area is 130 Å². The van der Waals surface area contributed by atoms with E-state index in [-0.39, 0.29) is 22.5 Å². The van der Waals surface area contributed by atoms with Gasteiger partial charge in [-0.2, -0.15) is 0 Å². The minimum absolute atomic E-state index is 0.0713. The van der Waals surface area contributed by atoms with Crippen LogP contribution in [0.1, 0.15) is 0 Å². The maximum absolute atomic E-state index is 12.2. The van der Waals surface area contributed by atoms with Gasteiger partial charge in [0, 0.05) is 18.5 Å². The highest BCUT2D eigenvalue weighted by molar-refractivity contribution is 8.00. The van der Waals surface area contributed by atoms with Crippen LogP contribution in [0.15, 0.2) is 29.4 Å². The molecule has 0 aliphatic rings. The maximum Gasteiger partial charge on any atom is 0.313 e. The summed E-state index contributed by atoms with van der Waals surface area (Å²) in [6.45, 7) is 0.108. The van der Waals surface area contributed by atoms with Crippen LogP contribution in [0.25, 0.3) is 5.65 Å². The third-order valence-corrected chi connectivity index (χ3v) is 5.27. The van der Waals surface area contributed by atoms with Crippen molar-refractivity contribution >= 4 is 45.0 Å². The lowest BCUT2D eigenvalue weighted by Gasteiger charge is -2.06. The molecule has 0 fully saturated rings. The average molecular weight is 350 g/mol. The molecule has 0 aliphatic carbocycles. The molecule has 0 spiro atoms. The molecule has 114 valence electrons. The molecule has 0 radical (unpaired) electrons. The highest BCUT2D eigenvalue weighted by atomic mass is 35.5. The number of thioether (sulfide) groups is 1. The van der Waals surface area contributed by atoms with Crippen LogP contribution in [0.2, 0.25) is 5.15 Å². The smallest absolute Gasteiger partial charge is 0.313 e. The molecule has 0 saturated heterocycles. The number of fused-ring (bicyclic) bond motifs is 1. The number of carboxylic acids is 1. The fourth-order valence-electron chi connectivity index (χ4n) is 1.66. The molecule has 0 bridgehead atoms. The first-order valence-corrected chi connectivity index (χ1v) is 8.85. The van der Waals surface area contributed by atoms with Gasteiger partial charge in [-0.25, -0.2) is 18.1 Å². The van der Waals surface area contributed by atoms with Gasteiger partial charge in [-0.05, 0) is 12.1 Å². The summed E-state index contributed by atoms with van der Waals surface area (Å²) in [5, 5.41) is 8.26. The van der Waals surface area contributed by atoms with Crippen molar-refractivity contribution in [2.24, 2.45) is 0 Å². The van der Waals surface area contributed by atoms with E-state index in [1.165, 1.54) is 4.40 Å². The molecule has 2 heterocycles. The number of aliphatic carboxylic acids is 1. The Hall–Kier alpha value is -1.29. The maximum atomic E-state index is 12.2. The monoisotopic (exact) mass is 349 g/mol. The van der Waals surface area contributed by atoms with Gasteiger partial charge < -0.3 is 5.11 Å². The van der Waals surface area contributed by atoms with E-state index in [1.807, 2.05) is 0 Å². The Morgan fingerprint density at radius 3 is 2.95 bits per heavy atom. The van der Waals surface area contributed by atoms with Gasteiger partial charge in [0.15, 0.2) is 10.2 Å². The molecule has 0 atom stereocenters. The number of halogens is 1. The molecular weight excluding hydrogens is 338 g/mol. The van der Waals surface area contributed by atoms with Crippen LogP contribution in [-0.2, 0) is 14.8 Å². The van der Waals surface area contributed by atoms with Gasteiger partial charge in [0.1, 0.15) is 5.65 Å². The van der Waals surface area contributed by atoms with Crippen molar-refractivity contribution in [1.82, 2.24) is 14.1 Å². The number of sulfonamides is 1. The third-order valence-electron chi connectivity index (χ3n) is 2.46. The van der Waals surface area contributed by atoms with E-state index in [1.54, 1.807) is 24.4 Å². The van der Waals surface area contributed by atoms with Crippen LogP contribution in [0.5, 0.6) is 0 Å². The van der Waals surface area contributed by atoms with Gasteiger partial charge in [-0.3, -0.25) is 9.20 Å². The molecule has 0 aromatic carbocycles. The minimum Gasteiger partial charge on any atom is -0.481 e. The summed E-state index contributed by atoms with van der Waals surface area (Å²) in [5.74, 6) is -0.662. The number of pyridine rings is 1. The van der Waals surface area contributed by atoms with Gasteiger partial charge >= 0.3 is 5.97 Å². The van der Waals surface area contributed by atoms with E-state index in [9.17, 15) is 13.2 Å². The van der Waals surface area contributed by atoms with Crippen molar-refractivity contribution in [3.8, 4) is 0 Å². The van der Waals surface area contributed by atoms with E-state index in [4.69, 9.17) is 16.7 Å². The molecule has 2 aromatic rings. The average Bonchev–Trinajstić information content (AvgIpc) is 2.74. The van der Waals surface area contributed by atoms with E-state index in [0.717, 1.165) is 11.8 Å². The summed E-state index contributed by atoms with van der Waals surface area (Å²) < 4.78 is 28.3. The van der Waals surface area contributed by atoms with E-state index >= 15 is 0 Å². The number of nitrogens with zero attached hydrogens (tertiary/aromatic N) is 2. The van der Waals surface area contributed by atoms with E-state index in [2.05, 4.69) is 9.71 Å². The number of nitrogens with one attached hydrogen (secondary N) is 1. The second-order valence-corrected chi connectivity index (χ2v) is 7.13. The second-order valence-electron chi connectivity index (χ2n) is 3.98. The van der Waals surface area contributed by atoms with Crippen molar-refractivity contribution in [3.05, 3.63) is 29.5 Å². The van der Waals surface area contributed by atoms with Crippen molar-refractivity contribution in [1.29, 1.82) is 0 Å². The molecular formula is C11H12ClN3O4S2. The highest BCUT2D eigenvalue weighted by Crippen LogP contribution is 2.22. The number of imidazole rings is 1. The van der Waals surface area contributed by atoms with E-state index in [0.29, 0.717) is 11.4 Å². The van der Waals surface area contributed by atoms with Crippen LogP contribution in [-0.4, -0.2) is 46.9 Å². The summed E-state index contributed by atoms with van der Waals surface area (Å²) in [4.78, 5) is 14.3. The number of carbonyl (C=O) groups is 1. The van der Waals surface area contributed by atoms with Crippen LogP contribution in [0, 0.1) is 0 Å². The molecule has 0 aliphatic heterocycles. The quantitative estimate of drug-likeness (QED) is 0.725. The van der Waals surface area contributed by atoms with Crippen LogP contribution < -0.4 is 4.72 Å². The number of hydrogen-bond acceptors (Lipinski definition) is 5. The molecule has 0 amide bonds. The fraction of sp³-hybridized carbons (Fsp3) is 0.273. The Morgan fingerprint density at radius 2 is 2.24 bits per heavy atom. The number of hydrogen-bond donors (Lipinski definition) is 2. The molecule has 2 rings (SSSR count). The first kappa shape index (κ1) is 16.1. The lowest BCUT2D eigenvalue weighted by atomic mass is 10.5. The topological polar surface area (TPSA) is 101 Å². The van der Waals surface area contributed by atoms with Crippen LogP contribution >= 0.6 is 23.4 Å². The number of rotatable bonds is 7. The first-order valence-electron chi connectivity index (χ1n) is 5.83. The molecule has 10 heteroatoms. The highest BCUT2D eigenvalue weighted by Gasteiger charge is 2.23. The van der Waals surface area contributed by atoms with Crippen molar-refractivity contribution in [3.63, 3.8) is 0 Å².